The highest BCUT2D eigenvalue weighted by Gasteiger charge is 2.29. The molecular weight excluding hydrogens is 318 g/mol. The number of aromatic nitrogens is 2. The first-order chi connectivity index (χ1) is 11.7. The minimum atomic E-state index is -0.220. The van der Waals surface area contributed by atoms with E-state index in [1.54, 1.807) is 4.90 Å². The first-order valence-corrected chi connectivity index (χ1v) is 9.15. The van der Waals surface area contributed by atoms with Gasteiger partial charge in [-0.1, -0.05) is 0 Å². The van der Waals surface area contributed by atoms with Crippen LogP contribution in [0.15, 0.2) is 6.07 Å². The number of amides is 3. The van der Waals surface area contributed by atoms with E-state index in [-0.39, 0.29) is 17.5 Å². The van der Waals surface area contributed by atoms with Gasteiger partial charge < -0.3 is 15.1 Å². The van der Waals surface area contributed by atoms with E-state index in [1.807, 2.05) is 43.5 Å². The Hall–Kier alpha value is -2.05. The third-order valence-electron chi connectivity index (χ3n) is 4.91. The quantitative estimate of drug-likeness (QED) is 0.845. The molecule has 3 rings (SSSR count). The molecule has 7 heteroatoms. The molecular formula is C18H29N5O2. The molecule has 3 amide bonds. The van der Waals surface area contributed by atoms with Gasteiger partial charge in [-0.05, 0) is 46.1 Å². The number of carbonyl (C=O) groups is 2. The molecule has 1 saturated heterocycles. The molecule has 138 valence electrons. The molecule has 0 saturated carbocycles. The molecule has 3 heterocycles. The fourth-order valence-corrected chi connectivity index (χ4v) is 3.51. The molecule has 0 aliphatic carbocycles. The molecule has 1 fully saturated rings. The number of carbonyl (C=O) groups excluding carboxylic acids is 2. The zero-order valence-electron chi connectivity index (χ0n) is 15.7. The molecule has 0 atom stereocenters. The summed E-state index contributed by atoms with van der Waals surface area (Å²) in [6.45, 7) is 8.99. The Morgan fingerprint density at radius 1 is 1.20 bits per heavy atom. The SMILES string of the molecule is CN1CCCn2nc(C3CCN(C(=O)NC(C)(C)C)CC3)cc2C1=O. The highest BCUT2D eigenvalue weighted by molar-refractivity contribution is 5.92. The maximum Gasteiger partial charge on any atom is 0.317 e. The second-order valence-corrected chi connectivity index (χ2v) is 8.20. The summed E-state index contributed by atoms with van der Waals surface area (Å²) in [6.07, 6.45) is 2.71. The Kier molecular flexibility index (Phi) is 4.75. The first kappa shape index (κ1) is 17.8. The summed E-state index contributed by atoms with van der Waals surface area (Å²) in [4.78, 5) is 28.3. The van der Waals surface area contributed by atoms with E-state index >= 15 is 0 Å². The minimum absolute atomic E-state index is 0.00312. The highest BCUT2D eigenvalue weighted by atomic mass is 16.2. The van der Waals surface area contributed by atoms with Crippen molar-refractivity contribution in [3.05, 3.63) is 17.5 Å². The number of hydrogen-bond donors (Lipinski definition) is 1. The van der Waals surface area contributed by atoms with Crippen LogP contribution in [0.3, 0.4) is 0 Å². The van der Waals surface area contributed by atoms with Crippen LogP contribution in [0.5, 0.6) is 0 Å². The summed E-state index contributed by atoms with van der Waals surface area (Å²) in [5.74, 6) is 0.370. The van der Waals surface area contributed by atoms with E-state index in [0.29, 0.717) is 11.6 Å². The predicted octanol–water partition coefficient (Wildman–Crippen LogP) is 2.05. The van der Waals surface area contributed by atoms with Crippen molar-refractivity contribution in [1.82, 2.24) is 24.9 Å². The Labute approximate surface area is 149 Å². The topological polar surface area (TPSA) is 70.5 Å². The highest BCUT2D eigenvalue weighted by Crippen LogP contribution is 2.28. The number of nitrogens with zero attached hydrogens (tertiary/aromatic N) is 4. The fourth-order valence-electron chi connectivity index (χ4n) is 3.51. The van der Waals surface area contributed by atoms with E-state index in [1.165, 1.54) is 0 Å². The van der Waals surface area contributed by atoms with Crippen LogP contribution in [-0.4, -0.2) is 63.7 Å². The predicted molar refractivity (Wildman–Crippen MR) is 95.6 cm³/mol. The number of urea groups is 1. The number of aryl methyl sites for hydroxylation is 1. The normalized spacial score (nSPS) is 19.6. The molecule has 1 aromatic heterocycles. The van der Waals surface area contributed by atoms with Gasteiger partial charge in [0.1, 0.15) is 5.69 Å². The molecule has 2 aliphatic heterocycles. The standard InChI is InChI=1S/C18H29N5O2/c1-18(2,3)19-17(25)22-10-6-13(7-11-22)14-12-15-16(24)21(4)8-5-9-23(15)20-14/h12-13H,5-11H2,1-4H3,(H,19,25). The van der Waals surface area contributed by atoms with E-state index in [9.17, 15) is 9.59 Å². The van der Waals surface area contributed by atoms with Crippen LogP contribution < -0.4 is 5.32 Å². The van der Waals surface area contributed by atoms with Crippen molar-refractivity contribution >= 4 is 11.9 Å². The Balaban J connectivity index is 1.64. The van der Waals surface area contributed by atoms with Crippen LogP contribution in [0.2, 0.25) is 0 Å². The van der Waals surface area contributed by atoms with Gasteiger partial charge in [0.25, 0.3) is 5.91 Å². The Bertz CT molecular complexity index is 653. The van der Waals surface area contributed by atoms with Crippen LogP contribution in [0, 0.1) is 0 Å². The summed E-state index contributed by atoms with van der Waals surface area (Å²) in [6, 6.07) is 1.96. The molecule has 7 nitrogen and oxygen atoms in total. The van der Waals surface area contributed by atoms with E-state index in [2.05, 4.69) is 5.32 Å². The lowest BCUT2D eigenvalue weighted by Gasteiger charge is -2.33. The van der Waals surface area contributed by atoms with Crippen LogP contribution in [0.4, 0.5) is 4.79 Å². The van der Waals surface area contributed by atoms with Gasteiger partial charge in [0.2, 0.25) is 0 Å². The minimum Gasteiger partial charge on any atom is -0.340 e. The third-order valence-corrected chi connectivity index (χ3v) is 4.91. The van der Waals surface area contributed by atoms with Crippen molar-refractivity contribution in [3.8, 4) is 0 Å². The van der Waals surface area contributed by atoms with Crippen molar-refractivity contribution in [3.63, 3.8) is 0 Å². The number of piperidine rings is 1. The zero-order valence-corrected chi connectivity index (χ0v) is 15.7. The maximum atomic E-state index is 12.4. The zero-order chi connectivity index (χ0) is 18.2. The van der Waals surface area contributed by atoms with E-state index in [0.717, 1.165) is 51.1 Å². The molecule has 2 aliphatic rings. The molecule has 1 aromatic rings. The number of nitrogens with one attached hydrogen (secondary N) is 1. The monoisotopic (exact) mass is 347 g/mol. The number of fused-ring (bicyclic) bond motifs is 1. The molecule has 0 bridgehead atoms. The van der Waals surface area contributed by atoms with Gasteiger partial charge in [0.05, 0.1) is 5.69 Å². The van der Waals surface area contributed by atoms with E-state index in [4.69, 9.17) is 5.10 Å². The lowest BCUT2D eigenvalue weighted by Crippen LogP contribution is -2.50. The average molecular weight is 347 g/mol. The lowest BCUT2D eigenvalue weighted by molar-refractivity contribution is 0.0796. The van der Waals surface area contributed by atoms with Crippen LogP contribution in [0.1, 0.15) is 62.1 Å². The maximum absolute atomic E-state index is 12.4. The van der Waals surface area contributed by atoms with Crippen LogP contribution >= 0.6 is 0 Å². The van der Waals surface area contributed by atoms with Gasteiger partial charge >= 0.3 is 6.03 Å². The smallest absolute Gasteiger partial charge is 0.317 e. The summed E-state index contributed by atoms with van der Waals surface area (Å²) in [5, 5.41) is 7.72. The van der Waals surface area contributed by atoms with Gasteiger partial charge in [-0.15, -0.1) is 0 Å². The number of rotatable bonds is 1. The molecule has 0 unspecified atom stereocenters. The van der Waals surface area contributed by atoms with Crippen molar-refractivity contribution in [1.29, 1.82) is 0 Å². The van der Waals surface area contributed by atoms with Gasteiger partial charge in [0, 0.05) is 44.7 Å². The average Bonchev–Trinajstić information content (AvgIpc) is 2.91. The van der Waals surface area contributed by atoms with Crippen molar-refractivity contribution in [2.24, 2.45) is 0 Å². The Morgan fingerprint density at radius 3 is 2.52 bits per heavy atom. The second kappa shape index (κ2) is 6.69. The second-order valence-electron chi connectivity index (χ2n) is 8.20. The summed E-state index contributed by atoms with van der Waals surface area (Å²) >= 11 is 0. The molecule has 0 spiro atoms. The molecule has 25 heavy (non-hydrogen) atoms. The van der Waals surface area contributed by atoms with E-state index < -0.39 is 0 Å². The van der Waals surface area contributed by atoms with Gasteiger partial charge in [-0.3, -0.25) is 9.48 Å². The third kappa shape index (κ3) is 3.96. The molecule has 0 radical (unpaired) electrons. The van der Waals surface area contributed by atoms with Gasteiger partial charge in [-0.25, -0.2) is 4.79 Å². The molecule has 0 aromatic carbocycles. The van der Waals surface area contributed by atoms with Crippen molar-refractivity contribution < 1.29 is 9.59 Å². The van der Waals surface area contributed by atoms with Crippen LogP contribution in [0.25, 0.3) is 0 Å². The number of likely N-dealkylation sites (tertiary alicyclic amines) is 1. The fraction of sp³-hybridized carbons (Fsp3) is 0.722. The van der Waals surface area contributed by atoms with Crippen molar-refractivity contribution in [2.45, 2.75) is 58.0 Å². The summed E-state index contributed by atoms with van der Waals surface area (Å²) < 4.78 is 1.86. The van der Waals surface area contributed by atoms with Gasteiger partial charge in [-0.2, -0.15) is 5.10 Å². The van der Waals surface area contributed by atoms with Gasteiger partial charge in [0.15, 0.2) is 0 Å². The number of hydrogen-bond acceptors (Lipinski definition) is 3. The summed E-state index contributed by atoms with van der Waals surface area (Å²) in [7, 11) is 1.84. The lowest BCUT2D eigenvalue weighted by atomic mass is 9.93. The van der Waals surface area contributed by atoms with Crippen molar-refractivity contribution in [2.75, 3.05) is 26.7 Å². The Morgan fingerprint density at radius 2 is 1.88 bits per heavy atom. The molecule has 1 N–H and O–H groups in total. The summed E-state index contributed by atoms with van der Waals surface area (Å²) in [5.41, 5.74) is 1.47. The van der Waals surface area contributed by atoms with Crippen LogP contribution in [-0.2, 0) is 6.54 Å². The first-order valence-electron chi connectivity index (χ1n) is 9.15. The largest absolute Gasteiger partial charge is 0.340 e.